The molecule has 142 valence electrons. The number of hydrogen-bond donors (Lipinski definition) is 1. The largest absolute Gasteiger partial charge is 0.493 e. The molecule has 6 nitrogen and oxygen atoms in total. The molecule has 2 aromatic rings. The van der Waals surface area contributed by atoms with Gasteiger partial charge in [-0.15, -0.1) is 0 Å². The third-order valence-electron chi connectivity index (χ3n) is 5.80. The Bertz CT molecular complexity index is 883. The molecule has 2 atom stereocenters. The Kier molecular flexibility index (Phi) is 4.29. The fourth-order valence-electron chi connectivity index (χ4n) is 4.23. The number of benzene rings is 1. The summed E-state index contributed by atoms with van der Waals surface area (Å²) in [4.78, 5) is 23.6. The minimum absolute atomic E-state index is 0.0971. The third-order valence-corrected chi connectivity index (χ3v) is 5.80. The van der Waals surface area contributed by atoms with Crippen molar-refractivity contribution in [2.24, 2.45) is 11.3 Å². The first kappa shape index (κ1) is 17.8. The van der Waals surface area contributed by atoms with E-state index in [9.17, 15) is 9.90 Å². The predicted octanol–water partition coefficient (Wildman–Crippen LogP) is 3.05. The van der Waals surface area contributed by atoms with Crippen LogP contribution in [-0.4, -0.2) is 40.7 Å². The molecule has 0 radical (unpaired) electrons. The molecular formula is C21H25N3O3. The Balaban J connectivity index is 1.71. The molecule has 6 heteroatoms. The number of carboxylic acids is 1. The minimum Gasteiger partial charge on any atom is -0.493 e. The zero-order valence-corrected chi connectivity index (χ0v) is 16.0. The summed E-state index contributed by atoms with van der Waals surface area (Å²) < 4.78 is 5.98. The molecule has 1 aromatic heterocycles. The molecule has 1 saturated heterocycles. The van der Waals surface area contributed by atoms with Gasteiger partial charge in [0, 0.05) is 30.8 Å². The molecule has 1 N–H and O–H groups in total. The summed E-state index contributed by atoms with van der Waals surface area (Å²) in [5.74, 6) is 1.77. The second kappa shape index (κ2) is 6.51. The van der Waals surface area contributed by atoms with Crippen molar-refractivity contribution in [2.45, 2.75) is 33.1 Å². The number of nitrogens with zero attached hydrogens (tertiary/aromatic N) is 3. The van der Waals surface area contributed by atoms with Crippen molar-refractivity contribution in [3.05, 3.63) is 47.4 Å². The van der Waals surface area contributed by atoms with Crippen molar-refractivity contribution < 1.29 is 14.6 Å². The molecule has 1 aromatic carbocycles. The highest BCUT2D eigenvalue weighted by Crippen LogP contribution is 2.45. The SMILES string of the molecule is Cc1nc(C(C)C)cc(N2C[C@@H]3COc4ccccc4C[C@]3(C(=O)O)C2)n1. The monoisotopic (exact) mass is 367 g/mol. The highest BCUT2D eigenvalue weighted by atomic mass is 16.5. The lowest BCUT2D eigenvalue weighted by Gasteiger charge is -2.27. The lowest BCUT2D eigenvalue weighted by atomic mass is 9.74. The fourth-order valence-corrected chi connectivity index (χ4v) is 4.23. The first-order chi connectivity index (χ1) is 12.9. The van der Waals surface area contributed by atoms with Gasteiger partial charge in [-0.05, 0) is 30.9 Å². The normalized spacial score (nSPS) is 24.1. The molecule has 0 aliphatic carbocycles. The molecule has 3 heterocycles. The van der Waals surface area contributed by atoms with E-state index in [1.807, 2.05) is 37.3 Å². The number of aliphatic carboxylic acids is 1. The van der Waals surface area contributed by atoms with Crippen molar-refractivity contribution in [2.75, 3.05) is 24.6 Å². The van der Waals surface area contributed by atoms with Crippen molar-refractivity contribution in [1.82, 2.24) is 9.97 Å². The van der Waals surface area contributed by atoms with E-state index in [0.717, 1.165) is 22.8 Å². The van der Waals surface area contributed by atoms with Crippen LogP contribution >= 0.6 is 0 Å². The molecule has 0 bridgehead atoms. The van der Waals surface area contributed by atoms with Crippen LogP contribution in [0.4, 0.5) is 5.82 Å². The predicted molar refractivity (Wildman–Crippen MR) is 102 cm³/mol. The molecular weight excluding hydrogens is 342 g/mol. The van der Waals surface area contributed by atoms with Crippen LogP contribution in [0.5, 0.6) is 5.75 Å². The minimum atomic E-state index is -0.872. The van der Waals surface area contributed by atoms with Gasteiger partial charge in [0.2, 0.25) is 0 Å². The lowest BCUT2D eigenvalue weighted by Crippen LogP contribution is -2.42. The van der Waals surface area contributed by atoms with Crippen LogP contribution in [0, 0.1) is 18.3 Å². The van der Waals surface area contributed by atoms with E-state index in [1.165, 1.54) is 0 Å². The van der Waals surface area contributed by atoms with Gasteiger partial charge < -0.3 is 14.7 Å². The van der Waals surface area contributed by atoms with E-state index in [2.05, 4.69) is 28.7 Å². The molecule has 27 heavy (non-hydrogen) atoms. The van der Waals surface area contributed by atoms with Gasteiger partial charge in [0.15, 0.2) is 0 Å². The smallest absolute Gasteiger partial charge is 0.312 e. The Morgan fingerprint density at radius 3 is 2.85 bits per heavy atom. The Morgan fingerprint density at radius 2 is 2.11 bits per heavy atom. The summed E-state index contributed by atoms with van der Waals surface area (Å²) >= 11 is 0. The number of ether oxygens (including phenoxy) is 1. The third kappa shape index (κ3) is 3.03. The zero-order valence-electron chi connectivity index (χ0n) is 16.0. The number of aryl methyl sites for hydroxylation is 1. The fraction of sp³-hybridized carbons (Fsp3) is 0.476. The van der Waals surface area contributed by atoms with E-state index >= 15 is 0 Å². The van der Waals surface area contributed by atoms with Gasteiger partial charge in [-0.1, -0.05) is 32.0 Å². The maximum Gasteiger partial charge on any atom is 0.312 e. The molecule has 4 rings (SSSR count). The average Bonchev–Trinajstić information content (AvgIpc) is 2.92. The number of para-hydroxylation sites is 1. The van der Waals surface area contributed by atoms with Gasteiger partial charge in [0.05, 0.1) is 12.0 Å². The number of anilines is 1. The Hall–Kier alpha value is -2.63. The number of hydrogen-bond acceptors (Lipinski definition) is 5. The second-order valence-corrected chi connectivity index (χ2v) is 7.99. The number of carbonyl (C=O) groups is 1. The topological polar surface area (TPSA) is 75.6 Å². The van der Waals surface area contributed by atoms with Gasteiger partial charge in [0.25, 0.3) is 0 Å². The van der Waals surface area contributed by atoms with E-state index in [4.69, 9.17) is 4.74 Å². The van der Waals surface area contributed by atoms with Crippen molar-refractivity contribution >= 4 is 11.8 Å². The number of carboxylic acid groups (broad SMARTS) is 1. The summed E-state index contributed by atoms with van der Waals surface area (Å²) in [6, 6.07) is 9.75. The van der Waals surface area contributed by atoms with Crippen molar-refractivity contribution in [1.29, 1.82) is 0 Å². The second-order valence-electron chi connectivity index (χ2n) is 7.99. The van der Waals surface area contributed by atoms with Gasteiger partial charge >= 0.3 is 5.97 Å². The first-order valence-electron chi connectivity index (χ1n) is 9.43. The molecule has 1 fully saturated rings. The maximum atomic E-state index is 12.4. The lowest BCUT2D eigenvalue weighted by molar-refractivity contribution is -0.150. The zero-order chi connectivity index (χ0) is 19.2. The quantitative estimate of drug-likeness (QED) is 0.899. The Morgan fingerprint density at radius 1 is 1.33 bits per heavy atom. The summed E-state index contributed by atoms with van der Waals surface area (Å²) in [6.07, 6.45) is 0.473. The number of fused-ring (bicyclic) bond motifs is 2. The summed E-state index contributed by atoms with van der Waals surface area (Å²) in [7, 11) is 0. The van der Waals surface area contributed by atoms with Crippen molar-refractivity contribution in [3.8, 4) is 5.75 Å². The number of rotatable bonds is 3. The van der Waals surface area contributed by atoms with Gasteiger partial charge in [-0.2, -0.15) is 0 Å². The van der Waals surface area contributed by atoms with Crippen LogP contribution in [0.15, 0.2) is 30.3 Å². The van der Waals surface area contributed by atoms with Crippen molar-refractivity contribution in [3.63, 3.8) is 0 Å². The molecule has 0 unspecified atom stereocenters. The summed E-state index contributed by atoms with van der Waals surface area (Å²) in [5, 5.41) is 10.2. The average molecular weight is 367 g/mol. The molecule has 0 amide bonds. The van der Waals surface area contributed by atoms with Crippen LogP contribution in [0.25, 0.3) is 0 Å². The molecule has 2 aliphatic heterocycles. The summed E-state index contributed by atoms with van der Waals surface area (Å²) in [6.45, 7) is 7.54. The standard InChI is InChI=1S/C21H25N3O3/c1-13(2)17-8-19(23-14(3)22-17)24-10-16-11-27-18-7-5-4-6-15(18)9-21(16,12-24)20(25)26/h4-8,13,16H,9-12H2,1-3H3,(H,25,26)/t16-,21+/m1/s1. The van der Waals surface area contributed by atoms with Gasteiger partial charge in [-0.25, -0.2) is 9.97 Å². The summed E-state index contributed by atoms with van der Waals surface area (Å²) in [5.41, 5.74) is 1.07. The molecule has 0 saturated carbocycles. The van der Waals surface area contributed by atoms with E-state index < -0.39 is 11.4 Å². The molecule has 0 spiro atoms. The van der Waals surface area contributed by atoms with E-state index in [-0.39, 0.29) is 5.92 Å². The van der Waals surface area contributed by atoms with Crippen LogP contribution in [0.3, 0.4) is 0 Å². The van der Waals surface area contributed by atoms with E-state index in [0.29, 0.717) is 37.9 Å². The highest BCUT2D eigenvalue weighted by molar-refractivity contribution is 5.78. The molecule has 2 aliphatic rings. The maximum absolute atomic E-state index is 12.4. The van der Waals surface area contributed by atoms with Crippen LogP contribution < -0.4 is 9.64 Å². The van der Waals surface area contributed by atoms with E-state index in [1.54, 1.807) is 0 Å². The first-order valence-corrected chi connectivity index (χ1v) is 9.43. The van der Waals surface area contributed by atoms with Crippen LogP contribution in [0.2, 0.25) is 0 Å². The highest BCUT2D eigenvalue weighted by Gasteiger charge is 2.54. The van der Waals surface area contributed by atoms with Crippen LogP contribution in [-0.2, 0) is 11.2 Å². The van der Waals surface area contributed by atoms with Gasteiger partial charge in [0.1, 0.15) is 17.4 Å². The van der Waals surface area contributed by atoms with Gasteiger partial charge in [-0.3, -0.25) is 4.79 Å². The van der Waals surface area contributed by atoms with Crippen LogP contribution in [0.1, 0.15) is 36.8 Å². The Labute approximate surface area is 159 Å². The number of aromatic nitrogens is 2.